The van der Waals surface area contributed by atoms with E-state index in [1.165, 1.54) is 12.1 Å². The number of amides is 1. The predicted octanol–water partition coefficient (Wildman–Crippen LogP) is 2.81. The van der Waals surface area contributed by atoms with E-state index in [0.29, 0.717) is 17.0 Å². The summed E-state index contributed by atoms with van der Waals surface area (Å²) in [5.74, 6) is 0.233. The van der Waals surface area contributed by atoms with E-state index in [1.54, 1.807) is 31.6 Å². The molecule has 3 rings (SSSR count). The van der Waals surface area contributed by atoms with Gasteiger partial charge in [0.25, 0.3) is 11.6 Å². The second kappa shape index (κ2) is 7.90. The molecule has 1 aromatic carbocycles. The minimum absolute atomic E-state index is 0.0304. The quantitative estimate of drug-likeness (QED) is 0.652. The lowest BCUT2D eigenvalue weighted by atomic mass is 9.92. The van der Waals surface area contributed by atoms with Crippen LogP contribution in [0.2, 0.25) is 0 Å². The molecule has 26 heavy (non-hydrogen) atoms. The number of nitro benzene ring substituents is 1. The van der Waals surface area contributed by atoms with Crippen molar-refractivity contribution in [3.8, 4) is 5.88 Å². The fraction of sp³-hybridized carbons (Fsp3) is 0.389. The molecule has 2 aromatic rings. The van der Waals surface area contributed by atoms with E-state index in [-0.39, 0.29) is 23.7 Å². The van der Waals surface area contributed by atoms with E-state index in [2.05, 4.69) is 15.3 Å². The van der Waals surface area contributed by atoms with Gasteiger partial charge in [-0.3, -0.25) is 19.9 Å². The third kappa shape index (κ3) is 4.14. The Balaban J connectivity index is 1.55. The van der Waals surface area contributed by atoms with Gasteiger partial charge in [-0.25, -0.2) is 4.98 Å². The summed E-state index contributed by atoms with van der Waals surface area (Å²) in [5, 5.41) is 14.0. The molecule has 1 saturated carbocycles. The average Bonchev–Trinajstić information content (AvgIpc) is 2.64. The zero-order chi connectivity index (χ0) is 18.5. The van der Waals surface area contributed by atoms with E-state index >= 15 is 0 Å². The Morgan fingerprint density at radius 3 is 2.69 bits per heavy atom. The van der Waals surface area contributed by atoms with Crippen LogP contribution < -0.4 is 10.1 Å². The van der Waals surface area contributed by atoms with Crippen molar-refractivity contribution in [2.24, 2.45) is 0 Å². The van der Waals surface area contributed by atoms with E-state index < -0.39 is 4.92 Å². The van der Waals surface area contributed by atoms with Gasteiger partial charge in [0.1, 0.15) is 6.10 Å². The van der Waals surface area contributed by atoms with Gasteiger partial charge in [0.05, 0.1) is 11.1 Å². The third-order valence-corrected chi connectivity index (χ3v) is 4.58. The van der Waals surface area contributed by atoms with Crippen LogP contribution in [0.25, 0.3) is 0 Å². The van der Waals surface area contributed by atoms with Crippen LogP contribution in [-0.4, -0.2) is 32.9 Å². The monoisotopic (exact) mass is 356 g/mol. The lowest BCUT2D eigenvalue weighted by molar-refractivity contribution is -0.385. The van der Waals surface area contributed by atoms with Gasteiger partial charge in [-0.2, -0.15) is 0 Å². The van der Waals surface area contributed by atoms with Gasteiger partial charge in [-0.15, -0.1) is 0 Å². The maximum atomic E-state index is 12.5. The third-order valence-electron chi connectivity index (χ3n) is 4.58. The highest BCUT2D eigenvalue weighted by Crippen LogP contribution is 2.24. The summed E-state index contributed by atoms with van der Waals surface area (Å²) in [4.78, 5) is 31.1. The first-order chi connectivity index (χ1) is 12.5. The molecule has 0 aliphatic heterocycles. The highest BCUT2D eigenvalue weighted by Gasteiger charge is 2.25. The van der Waals surface area contributed by atoms with Crippen LogP contribution in [0.3, 0.4) is 0 Å². The average molecular weight is 356 g/mol. The molecule has 1 aliphatic carbocycles. The first-order valence-electron chi connectivity index (χ1n) is 8.52. The van der Waals surface area contributed by atoms with Crippen LogP contribution in [0.5, 0.6) is 5.88 Å². The second-order valence-corrected chi connectivity index (χ2v) is 6.32. The van der Waals surface area contributed by atoms with Crippen LogP contribution in [0.1, 0.15) is 41.6 Å². The van der Waals surface area contributed by atoms with Gasteiger partial charge in [0.15, 0.2) is 0 Å². The summed E-state index contributed by atoms with van der Waals surface area (Å²) in [6.45, 7) is 1.60. The smallest absolute Gasteiger partial charge is 0.273 e. The Morgan fingerprint density at radius 1 is 1.27 bits per heavy atom. The largest absolute Gasteiger partial charge is 0.473 e. The molecule has 1 heterocycles. The molecular weight excluding hydrogens is 336 g/mol. The lowest BCUT2D eigenvalue weighted by Gasteiger charge is -2.29. The molecule has 1 N–H and O–H groups in total. The van der Waals surface area contributed by atoms with E-state index in [9.17, 15) is 14.9 Å². The van der Waals surface area contributed by atoms with E-state index in [1.807, 2.05) is 0 Å². The zero-order valence-corrected chi connectivity index (χ0v) is 14.4. The second-order valence-electron chi connectivity index (χ2n) is 6.32. The van der Waals surface area contributed by atoms with Crippen molar-refractivity contribution >= 4 is 11.6 Å². The number of carbonyl (C=O) groups is 1. The Morgan fingerprint density at radius 2 is 2.04 bits per heavy atom. The van der Waals surface area contributed by atoms with Crippen LogP contribution in [0.15, 0.2) is 36.8 Å². The molecule has 1 fully saturated rings. The van der Waals surface area contributed by atoms with Crippen molar-refractivity contribution in [3.63, 3.8) is 0 Å². The Kier molecular flexibility index (Phi) is 5.40. The molecule has 8 heteroatoms. The van der Waals surface area contributed by atoms with Crippen LogP contribution in [0, 0.1) is 17.0 Å². The highest BCUT2D eigenvalue weighted by molar-refractivity contribution is 5.96. The molecule has 0 unspecified atom stereocenters. The number of aromatic nitrogens is 2. The number of rotatable bonds is 5. The molecule has 0 spiro atoms. The molecule has 1 amide bonds. The van der Waals surface area contributed by atoms with Crippen molar-refractivity contribution in [3.05, 3.63) is 58.0 Å². The molecule has 1 aromatic heterocycles. The Hall–Kier alpha value is -3.03. The topological polar surface area (TPSA) is 107 Å². The van der Waals surface area contributed by atoms with Gasteiger partial charge in [-0.05, 0) is 38.7 Å². The highest BCUT2D eigenvalue weighted by atomic mass is 16.6. The first-order valence-corrected chi connectivity index (χ1v) is 8.52. The van der Waals surface area contributed by atoms with Crippen molar-refractivity contribution in [1.82, 2.24) is 15.3 Å². The number of nitrogens with zero attached hydrogens (tertiary/aromatic N) is 3. The number of hydrogen-bond acceptors (Lipinski definition) is 6. The van der Waals surface area contributed by atoms with Crippen LogP contribution >= 0.6 is 0 Å². The van der Waals surface area contributed by atoms with Gasteiger partial charge in [-0.1, -0.05) is 6.07 Å². The maximum Gasteiger partial charge on any atom is 0.273 e. The molecular formula is C18H20N4O4. The summed E-state index contributed by atoms with van der Waals surface area (Å²) in [6, 6.07) is 4.58. The summed E-state index contributed by atoms with van der Waals surface area (Å²) in [6.07, 6.45) is 7.98. The van der Waals surface area contributed by atoms with Crippen molar-refractivity contribution in [2.75, 3.05) is 0 Å². The van der Waals surface area contributed by atoms with Crippen LogP contribution in [-0.2, 0) is 0 Å². The molecule has 0 bridgehead atoms. The minimum atomic E-state index is -0.471. The number of benzene rings is 1. The molecule has 1 aliphatic rings. The fourth-order valence-electron chi connectivity index (χ4n) is 3.17. The first kappa shape index (κ1) is 17.8. The number of nitro groups is 1. The normalized spacial score (nSPS) is 19.6. The Bertz CT molecular complexity index is 789. The van der Waals surface area contributed by atoms with Gasteiger partial charge in [0.2, 0.25) is 5.88 Å². The Labute approximate surface area is 150 Å². The van der Waals surface area contributed by atoms with Crippen LogP contribution in [0.4, 0.5) is 5.69 Å². The van der Waals surface area contributed by atoms with Crippen molar-refractivity contribution < 1.29 is 14.5 Å². The van der Waals surface area contributed by atoms with Gasteiger partial charge in [0, 0.05) is 35.6 Å². The molecule has 0 saturated heterocycles. The zero-order valence-electron chi connectivity index (χ0n) is 14.4. The molecule has 8 nitrogen and oxygen atoms in total. The number of carbonyl (C=O) groups excluding carboxylic acids is 1. The number of hydrogen-bond donors (Lipinski definition) is 1. The summed E-state index contributed by atoms with van der Waals surface area (Å²) in [7, 11) is 0. The summed E-state index contributed by atoms with van der Waals surface area (Å²) >= 11 is 0. The standard InChI is InChI=1S/C18H20N4O4/c1-12-15(3-2-4-16(12)22(24)25)18(23)21-13-5-7-14(8-6-13)26-17-11-19-9-10-20-17/h2-4,9-11,13-14H,5-8H2,1H3,(H,21,23). The molecule has 0 radical (unpaired) electrons. The van der Waals surface area contributed by atoms with Crippen molar-refractivity contribution in [2.45, 2.75) is 44.8 Å². The number of ether oxygens (including phenoxy) is 1. The fourth-order valence-corrected chi connectivity index (χ4v) is 3.17. The minimum Gasteiger partial charge on any atom is -0.473 e. The maximum absolute atomic E-state index is 12.5. The molecule has 136 valence electrons. The van der Waals surface area contributed by atoms with Gasteiger partial charge >= 0.3 is 0 Å². The SMILES string of the molecule is Cc1c(C(=O)NC2CCC(Oc3cnccn3)CC2)cccc1[N+](=O)[O-]. The lowest BCUT2D eigenvalue weighted by Crippen LogP contribution is -2.40. The summed E-state index contributed by atoms with van der Waals surface area (Å²) < 4.78 is 5.79. The molecule has 0 atom stereocenters. The summed E-state index contributed by atoms with van der Waals surface area (Å²) in [5.41, 5.74) is 0.686. The predicted molar refractivity (Wildman–Crippen MR) is 94.0 cm³/mol. The van der Waals surface area contributed by atoms with E-state index in [4.69, 9.17) is 4.74 Å². The van der Waals surface area contributed by atoms with E-state index in [0.717, 1.165) is 25.7 Å². The van der Waals surface area contributed by atoms with Gasteiger partial charge < -0.3 is 10.1 Å². The van der Waals surface area contributed by atoms with Crippen molar-refractivity contribution in [1.29, 1.82) is 0 Å². The number of nitrogens with one attached hydrogen (secondary N) is 1.